The fourth-order valence-corrected chi connectivity index (χ4v) is 4.01. The van der Waals surface area contributed by atoms with Crippen molar-refractivity contribution in [2.75, 3.05) is 5.75 Å². The largest absolute Gasteiger partial charge is 0.337 e. The molecule has 1 saturated heterocycles. The average Bonchev–Trinajstić information content (AvgIpc) is 3.21. The standard InChI is InChI=1S/C16H18O3S/c1-2-3-4-7-10-20-16-14(18)12-9-6-5-8-11(12)13(17)15(16)19-16/h5-6,8-9,15H,2-4,7,10H2,1H3. The van der Waals surface area contributed by atoms with Crippen molar-refractivity contribution in [2.24, 2.45) is 0 Å². The summed E-state index contributed by atoms with van der Waals surface area (Å²) < 4.78 is 5.54. The molecule has 1 heterocycles. The second-order valence-corrected chi connectivity index (χ2v) is 6.62. The van der Waals surface area contributed by atoms with Crippen molar-refractivity contribution in [3.8, 4) is 0 Å². The van der Waals surface area contributed by atoms with E-state index in [0.29, 0.717) is 11.1 Å². The van der Waals surface area contributed by atoms with Crippen LogP contribution in [0.5, 0.6) is 0 Å². The summed E-state index contributed by atoms with van der Waals surface area (Å²) in [5.41, 5.74) is 1.04. The number of unbranched alkanes of at least 4 members (excludes halogenated alkanes) is 3. The molecular formula is C16H18O3S. The van der Waals surface area contributed by atoms with Gasteiger partial charge < -0.3 is 4.74 Å². The number of rotatable bonds is 6. The summed E-state index contributed by atoms with van der Waals surface area (Å²) in [5.74, 6) is 0.803. The topological polar surface area (TPSA) is 46.7 Å². The van der Waals surface area contributed by atoms with E-state index >= 15 is 0 Å². The number of carbonyl (C=O) groups is 2. The molecule has 0 amide bonds. The van der Waals surface area contributed by atoms with E-state index in [4.69, 9.17) is 4.74 Å². The van der Waals surface area contributed by atoms with Crippen LogP contribution in [0.4, 0.5) is 0 Å². The number of epoxide rings is 1. The molecule has 3 rings (SSSR count). The van der Waals surface area contributed by atoms with Gasteiger partial charge in [-0.3, -0.25) is 9.59 Å². The lowest BCUT2D eigenvalue weighted by Crippen LogP contribution is -2.34. The van der Waals surface area contributed by atoms with Crippen LogP contribution in [0.25, 0.3) is 0 Å². The first kappa shape index (κ1) is 13.8. The van der Waals surface area contributed by atoms with Gasteiger partial charge in [0.25, 0.3) is 0 Å². The third-order valence-corrected chi connectivity index (χ3v) is 5.30. The highest BCUT2D eigenvalue weighted by Crippen LogP contribution is 2.53. The minimum Gasteiger partial charge on any atom is -0.337 e. The van der Waals surface area contributed by atoms with E-state index in [-0.39, 0.29) is 11.6 Å². The Hall–Kier alpha value is -1.13. The van der Waals surface area contributed by atoms with Gasteiger partial charge in [0.15, 0.2) is 11.9 Å². The van der Waals surface area contributed by atoms with E-state index in [1.165, 1.54) is 31.0 Å². The maximum atomic E-state index is 12.5. The lowest BCUT2D eigenvalue weighted by molar-refractivity contribution is 0.0911. The van der Waals surface area contributed by atoms with Crippen LogP contribution in [0.15, 0.2) is 24.3 Å². The van der Waals surface area contributed by atoms with Gasteiger partial charge in [-0.25, -0.2) is 0 Å². The molecule has 2 aliphatic rings. The van der Waals surface area contributed by atoms with E-state index < -0.39 is 11.0 Å². The molecule has 0 aromatic heterocycles. The molecule has 0 N–H and O–H groups in total. The first-order valence-electron chi connectivity index (χ1n) is 7.20. The second-order valence-electron chi connectivity index (χ2n) is 5.31. The number of fused-ring (bicyclic) bond motifs is 2. The zero-order chi connectivity index (χ0) is 14.2. The quantitative estimate of drug-likeness (QED) is 0.594. The first-order chi connectivity index (χ1) is 9.70. The van der Waals surface area contributed by atoms with Crippen molar-refractivity contribution in [1.29, 1.82) is 0 Å². The van der Waals surface area contributed by atoms with Crippen LogP contribution in [-0.2, 0) is 4.74 Å². The number of hydrogen-bond donors (Lipinski definition) is 0. The van der Waals surface area contributed by atoms with E-state index in [9.17, 15) is 9.59 Å². The molecule has 4 heteroatoms. The zero-order valence-corrected chi connectivity index (χ0v) is 12.4. The molecule has 0 spiro atoms. The lowest BCUT2D eigenvalue weighted by Gasteiger charge is -2.17. The molecule has 0 radical (unpaired) electrons. The number of Topliss-reactive ketones (excluding diaryl/α,β-unsaturated/α-hetero) is 2. The highest BCUT2D eigenvalue weighted by Gasteiger charge is 2.69. The highest BCUT2D eigenvalue weighted by atomic mass is 32.2. The van der Waals surface area contributed by atoms with Gasteiger partial charge >= 0.3 is 0 Å². The summed E-state index contributed by atoms with van der Waals surface area (Å²) in [6.07, 6.45) is 4.09. The molecule has 2 unspecified atom stereocenters. The monoisotopic (exact) mass is 290 g/mol. The molecule has 20 heavy (non-hydrogen) atoms. The second kappa shape index (κ2) is 5.34. The van der Waals surface area contributed by atoms with E-state index in [1.54, 1.807) is 24.3 Å². The molecule has 106 valence electrons. The van der Waals surface area contributed by atoms with E-state index in [0.717, 1.165) is 12.2 Å². The minimum atomic E-state index is -0.905. The maximum absolute atomic E-state index is 12.5. The van der Waals surface area contributed by atoms with Gasteiger partial charge in [-0.05, 0) is 12.2 Å². The third-order valence-electron chi connectivity index (χ3n) is 3.89. The van der Waals surface area contributed by atoms with Gasteiger partial charge in [0, 0.05) is 11.1 Å². The molecule has 2 atom stereocenters. The van der Waals surface area contributed by atoms with Crippen LogP contribution in [0.3, 0.4) is 0 Å². The molecule has 1 aromatic rings. The number of ether oxygens (including phenoxy) is 1. The lowest BCUT2D eigenvalue weighted by atomic mass is 9.89. The van der Waals surface area contributed by atoms with Crippen LogP contribution >= 0.6 is 11.8 Å². The van der Waals surface area contributed by atoms with Crippen LogP contribution in [0.2, 0.25) is 0 Å². The maximum Gasteiger partial charge on any atom is 0.211 e. The molecule has 1 aliphatic carbocycles. The van der Waals surface area contributed by atoms with Crippen molar-refractivity contribution in [1.82, 2.24) is 0 Å². The smallest absolute Gasteiger partial charge is 0.211 e. The van der Waals surface area contributed by atoms with Crippen molar-refractivity contribution in [3.05, 3.63) is 35.4 Å². The summed E-state index contributed by atoms with van der Waals surface area (Å²) in [5, 5.41) is 0. The SMILES string of the molecule is CCCCCCSC12OC1C(=O)c1ccccc1C2=O. The van der Waals surface area contributed by atoms with Crippen LogP contribution < -0.4 is 0 Å². The normalized spacial score (nSPS) is 27.1. The van der Waals surface area contributed by atoms with Crippen molar-refractivity contribution in [2.45, 2.75) is 43.6 Å². The van der Waals surface area contributed by atoms with E-state index in [1.807, 2.05) is 0 Å². The zero-order valence-electron chi connectivity index (χ0n) is 11.6. The summed E-state index contributed by atoms with van der Waals surface area (Å²) in [4.78, 5) is 23.9. The molecule has 1 aliphatic heterocycles. The number of hydrogen-bond acceptors (Lipinski definition) is 4. The Morgan fingerprint density at radius 2 is 1.90 bits per heavy atom. The number of carbonyl (C=O) groups excluding carboxylic acids is 2. The Morgan fingerprint density at radius 1 is 1.15 bits per heavy atom. The third kappa shape index (κ3) is 2.11. The number of thioether (sulfide) groups is 1. The molecule has 1 fully saturated rings. The van der Waals surface area contributed by atoms with Gasteiger partial charge in [-0.15, -0.1) is 11.8 Å². The Kier molecular flexibility index (Phi) is 3.69. The van der Waals surface area contributed by atoms with Gasteiger partial charge in [0.05, 0.1) is 0 Å². The highest BCUT2D eigenvalue weighted by molar-refractivity contribution is 8.01. The fourth-order valence-electron chi connectivity index (χ4n) is 2.69. The van der Waals surface area contributed by atoms with Crippen LogP contribution in [-0.4, -0.2) is 28.4 Å². The summed E-state index contributed by atoms with van der Waals surface area (Å²) in [7, 11) is 0. The van der Waals surface area contributed by atoms with Gasteiger partial charge in [-0.1, -0.05) is 50.5 Å². The van der Waals surface area contributed by atoms with Crippen molar-refractivity contribution >= 4 is 23.3 Å². The predicted molar refractivity (Wildman–Crippen MR) is 79.3 cm³/mol. The average molecular weight is 290 g/mol. The van der Waals surface area contributed by atoms with Crippen molar-refractivity contribution in [3.63, 3.8) is 0 Å². The summed E-state index contributed by atoms with van der Waals surface area (Å²) in [6.45, 7) is 2.17. The van der Waals surface area contributed by atoms with Crippen molar-refractivity contribution < 1.29 is 14.3 Å². The molecular weight excluding hydrogens is 272 g/mol. The Morgan fingerprint density at radius 3 is 2.65 bits per heavy atom. The summed E-state index contributed by atoms with van der Waals surface area (Å²) >= 11 is 1.51. The number of ketones is 2. The number of benzene rings is 1. The summed E-state index contributed by atoms with van der Waals surface area (Å²) in [6, 6.07) is 7.03. The van der Waals surface area contributed by atoms with Crippen LogP contribution in [0.1, 0.15) is 53.3 Å². The van der Waals surface area contributed by atoms with E-state index in [2.05, 4.69) is 6.92 Å². The molecule has 0 saturated carbocycles. The van der Waals surface area contributed by atoms with Gasteiger partial charge in [-0.2, -0.15) is 0 Å². The fraction of sp³-hybridized carbons (Fsp3) is 0.500. The van der Waals surface area contributed by atoms with Crippen LogP contribution in [0, 0.1) is 0 Å². The Labute approximate surface area is 123 Å². The Bertz CT molecular complexity index is 554. The molecule has 0 bridgehead atoms. The first-order valence-corrected chi connectivity index (χ1v) is 8.19. The van der Waals surface area contributed by atoms with Gasteiger partial charge in [0.2, 0.25) is 10.7 Å². The Balaban J connectivity index is 1.71. The predicted octanol–water partition coefficient (Wildman–Crippen LogP) is 3.47. The minimum absolute atomic E-state index is 0.0295. The molecule has 3 nitrogen and oxygen atoms in total. The molecule has 1 aromatic carbocycles. The van der Waals surface area contributed by atoms with Gasteiger partial charge in [0.1, 0.15) is 0 Å².